The Hall–Kier alpha value is -2.40. The molecule has 0 saturated carbocycles. The van der Waals surface area contributed by atoms with Crippen molar-refractivity contribution in [2.75, 3.05) is 0 Å². The smallest absolute Gasteiger partial charge is 0.183 e. The van der Waals surface area contributed by atoms with E-state index < -0.39 is 0 Å². The molecule has 0 aliphatic rings. The first-order valence-electron chi connectivity index (χ1n) is 5.93. The molecule has 0 unspecified atom stereocenters. The lowest BCUT2D eigenvalue weighted by Crippen LogP contribution is -2.08. The Kier molecular flexibility index (Phi) is 3.35. The van der Waals surface area contributed by atoms with E-state index >= 15 is 0 Å². The highest BCUT2D eigenvalue weighted by atomic mass is 35.5. The average molecular weight is 288 g/mol. The number of aldehydes is 1. The van der Waals surface area contributed by atoms with Crippen LogP contribution in [0.15, 0.2) is 42.5 Å². The molecule has 5 nitrogen and oxygen atoms in total. The fourth-order valence-electron chi connectivity index (χ4n) is 1.89. The first-order valence-corrected chi connectivity index (χ1v) is 6.31. The van der Waals surface area contributed by atoms with Crippen LogP contribution in [0.4, 0.5) is 0 Å². The van der Waals surface area contributed by atoms with E-state index in [2.05, 4.69) is 10.3 Å². The number of hydrogen-bond acceptors (Lipinski definition) is 4. The Labute approximate surface area is 119 Å². The van der Waals surface area contributed by atoms with Crippen LogP contribution in [-0.2, 0) is 6.73 Å². The Balaban J connectivity index is 1.85. The van der Waals surface area contributed by atoms with Gasteiger partial charge in [-0.05, 0) is 30.3 Å². The zero-order chi connectivity index (χ0) is 13.9. The van der Waals surface area contributed by atoms with Crippen molar-refractivity contribution in [1.82, 2.24) is 15.0 Å². The summed E-state index contributed by atoms with van der Waals surface area (Å²) in [4.78, 5) is 11.0. The summed E-state index contributed by atoms with van der Waals surface area (Å²) in [5.41, 5.74) is 2.07. The molecule has 0 saturated heterocycles. The summed E-state index contributed by atoms with van der Waals surface area (Å²) in [6, 6.07) is 12.5. The molecule has 0 aliphatic carbocycles. The first-order chi connectivity index (χ1) is 9.78. The zero-order valence-corrected chi connectivity index (χ0v) is 11.1. The highest BCUT2D eigenvalue weighted by Gasteiger charge is 2.07. The molecule has 0 bridgehead atoms. The van der Waals surface area contributed by atoms with Gasteiger partial charge in [0.15, 0.2) is 13.0 Å². The maximum absolute atomic E-state index is 11.0. The molecule has 6 heteroatoms. The van der Waals surface area contributed by atoms with Gasteiger partial charge in [-0.25, -0.2) is 4.68 Å². The van der Waals surface area contributed by atoms with Crippen LogP contribution >= 0.6 is 11.6 Å². The quantitative estimate of drug-likeness (QED) is 0.692. The highest BCUT2D eigenvalue weighted by Crippen LogP contribution is 2.22. The Morgan fingerprint density at radius 3 is 2.95 bits per heavy atom. The van der Waals surface area contributed by atoms with Crippen LogP contribution in [-0.4, -0.2) is 21.3 Å². The van der Waals surface area contributed by atoms with Crippen LogP contribution in [0.25, 0.3) is 11.0 Å². The monoisotopic (exact) mass is 287 g/mol. The van der Waals surface area contributed by atoms with E-state index in [1.54, 1.807) is 22.9 Å². The third-order valence-corrected chi connectivity index (χ3v) is 3.10. The number of hydrogen-bond donors (Lipinski definition) is 0. The van der Waals surface area contributed by atoms with E-state index in [9.17, 15) is 4.79 Å². The lowest BCUT2D eigenvalue weighted by Gasteiger charge is -2.08. The fourth-order valence-corrected chi connectivity index (χ4v) is 2.07. The van der Waals surface area contributed by atoms with Gasteiger partial charge >= 0.3 is 0 Å². The van der Waals surface area contributed by atoms with Gasteiger partial charge in [-0.2, -0.15) is 0 Å². The van der Waals surface area contributed by atoms with Crippen LogP contribution in [0.3, 0.4) is 0 Å². The van der Waals surface area contributed by atoms with Crippen molar-refractivity contribution in [2.24, 2.45) is 0 Å². The van der Waals surface area contributed by atoms with Gasteiger partial charge in [0.1, 0.15) is 11.3 Å². The molecule has 0 fully saturated rings. The lowest BCUT2D eigenvalue weighted by atomic mass is 10.2. The minimum atomic E-state index is 0.170. The van der Waals surface area contributed by atoms with E-state index in [1.807, 2.05) is 24.3 Å². The predicted octanol–water partition coefficient (Wildman–Crippen LogP) is 2.93. The van der Waals surface area contributed by atoms with Crippen LogP contribution in [0.1, 0.15) is 10.4 Å². The summed E-state index contributed by atoms with van der Waals surface area (Å²) >= 11 is 5.83. The number of carbonyl (C=O) groups is 1. The normalized spacial score (nSPS) is 10.7. The maximum atomic E-state index is 11.0. The number of fused-ring (bicyclic) bond motifs is 1. The molecule has 0 spiro atoms. The summed E-state index contributed by atoms with van der Waals surface area (Å²) in [6.45, 7) is 0.170. The van der Waals surface area contributed by atoms with E-state index in [0.29, 0.717) is 22.6 Å². The first kappa shape index (κ1) is 12.6. The standard InChI is InChI=1S/C14H10ClN3O2/c15-11-5-6-14(10(7-11)8-19)20-9-18-13-4-2-1-3-12(13)16-17-18/h1-8H,9H2. The summed E-state index contributed by atoms with van der Waals surface area (Å²) in [5.74, 6) is 0.462. The van der Waals surface area contributed by atoms with Crippen LogP contribution in [0.2, 0.25) is 5.02 Å². The van der Waals surface area contributed by atoms with Crippen molar-refractivity contribution in [3.8, 4) is 5.75 Å². The fraction of sp³-hybridized carbons (Fsp3) is 0.0714. The average Bonchev–Trinajstić information content (AvgIpc) is 2.89. The van der Waals surface area contributed by atoms with Gasteiger partial charge in [-0.1, -0.05) is 28.9 Å². The number of carbonyl (C=O) groups excluding carboxylic acids is 1. The van der Waals surface area contributed by atoms with E-state index in [-0.39, 0.29) is 6.73 Å². The SMILES string of the molecule is O=Cc1cc(Cl)ccc1OCn1nnc2ccccc21. The zero-order valence-electron chi connectivity index (χ0n) is 10.4. The number of rotatable bonds is 4. The van der Waals surface area contributed by atoms with Gasteiger partial charge in [0.25, 0.3) is 0 Å². The number of para-hydroxylation sites is 1. The van der Waals surface area contributed by atoms with Crippen molar-refractivity contribution in [3.05, 3.63) is 53.1 Å². The Morgan fingerprint density at radius 2 is 2.10 bits per heavy atom. The van der Waals surface area contributed by atoms with Crippen molar-refractivity contribution in [3.63, 3.8) is 0 Å². The molecule has 0 N–H and O–H groups in total. The van der Waals surface area contributed by atoms with Gasteiger partial charge in [-0.3, -0.25) is 4.79 Å². The van der Waals surface area contributed by atoms with E-state index in [1.165, 1.54) is 0 Å². The topological polar surface area (TPSA) is 57.0 Å². The molecule has 0 aliphatic heterocycles. The molecule has 20 heavy (non-hydrogen) atoms. The third kappa shape index (κ3) is 2.35. The molecule has 0 radical (unpaired) electrons. The second kappa shape index (κ2) is 5.30. The molecule has 1 aromatic heterocycles. The van der Waals surface area contributed by atoms with Gasteiger partial charge < -0.3 is 4.74 Å². The number of aromatic nitrogens is 3. The highest BCUT2D eigenvalue weighted by molar-refractivity contribution is 6.30. The van der Waals surface area contributed by atoms with E-state index in [4.69, 9.17) is 16.3 Å². The molecule has 3 aromatic rings. The van der Waals surface area contributed by atoms with E-state index in [0.717, 1.165) is 11.0 Å². The number of ether oxygens (including phenoxy) is 1. The summed E-state index contributed by atoms with van der Waals surface area (Å²) in [7, 11) is 0. The maximum Gasteiger partial charge on any atom is 0.183 e. The lowest BCUT2D eigenvalue weighted by molar-refractivity contribution is 0.111. The summed E-state index contributed by atoms with van der Waals surface area (Å²) in [6.07, 6.45) is 0.709. The summed E-state index contributed by atoms with van der Waals surface area (Å²) in [5, 5.41) is 8.53. The van der Waals surface area contributed by atoms with Gasteiger partial charge in [0, 0.05) is 5.02 Å². The molecule has 1 heterocycles. The predicted molar refractivity (Wildman–Crippen MR) is 75.0 cm³/mol. The second-order valence-corrected chi connectivity index (χ2v) is 4.59. The van der Waals surface area contributed by atoms with Crippen molar-refractivity contribution < 1.29 is 9.53 Å². The number of nitrogens with zero attached hydrogens (tertiary/aromatic N) is 3. The largest absolute Gasteiger partial charge is 0.470 e. The second-order valence-electron chi connectivity index (χ2n) is 4.15. The molecule has 0 atom stereocenters. The van der Waals surface area contributed by atoms with Gasteiger partial charge in [0.2, 0.25) is 0 Å². The van der Waals surface area contributed by atoms with Crippen LogP contribution in [0, 0.1) is 0 Å². The molecule has 100 valence electrons. The van der Waals surface area contributed by atoms with Crippen molar-refractivity contribution >= 4 is 28.9 Å². The third-order valence-electron chi connectivity index (χ3n) is 2.86. The molecule has 0 amide bonds. The number of benzene rings is 2. The molecule has 2 aromatic carbocycles. The molecular weight excluding hydrogens is 278 g/mol. The Morgan fingerprint density at radius 1 is 1.25 bits per heavy atom. The van der Waals surface area contributed by atoms with Crippen molar-refractivity contribution in [1.29, 1.82) is 0 Å². The molecule has 3 rings (SSSR count). The minimum absolute atomic E-state index is 0.170. The van der Waals surface area contributed by atoms with Gasteiger partial charge in [-0.15, -0.1) is 5.10 Å². The van der Waals surface area contributed by atoms with Crippen LogP contribution in [0.5, 0.6) is 5.75 Å². The van der Waals surface area contributed by atoms with Crippen molar-refractivity contribution in [2.45, 2.75) is 6.73 Å². The number of halogens is 1. The molecular formula is C14H10ClN3O2. The van der Waals surface area contributed by atoms with Crippen LogP contribution < -0.4 is 4.74 Å². The Bertz CT molecular complexity index is 770. The summed E-state index contributed by atoms with van der Waals surface area (Å²) < 4.78 is 7.23. The van der Waals surface area contributed by atoms with Gasteiger partial charge in [0.05, 0.1) is 11.1 Å². The minimum Gasteiger partial charge on any atom is -0.470 e.